The highest BCUT2D eigenvalue weighted by Crippen LogP contribution is 2.30. The zero-order chi connectivity index (χ0) is 15.4. The van der Waals surface area contributed by atoms with Crippen molar-refractivity contribution >= 4 is 0 Å². The van der Waals surface area contributed by atoms with Crippen molar-refractivity contribution in [2.75, 3.05) is 21.3 Å². The lowest BCUT2D eigenvalue weighted by molar-refractivity contribution is 0.385. The molecular formula is C16H23N3O2. The fourth-order valence-electron chi connectivity index (χ4n) is 2.38. The molecule has 1 unspecified atom stereocenters. The van der Waals surface area contributed by atoms with Crippen LogP contribution in [0, 0.1) is 13.8 Å². The summed E-state index contributed by atoms with van der Waals surface area (Å²) in [4.78, 5) is 4.35. The largest absolute Gasteiger partial charge is 0.497 e. The first-order valence-corrected chi connectivity index (χ1v) is 6.98. The number of ether oxygens (including phenoxy) is 2. The van der Waals surface area contributed by atoms with E-state index in [1.165, 1.54) is 5.69 Å². The molecule has 114 valence electrons. The standard InChI is InChI=1S/C16H23N3O2/c1-11-12(2)19(10-18-11)9-15(17-3)14-8-13(20-4)6-7-16(14)21-5/h6-8,10,15,17H,9H2,1-5H3. The highest BCUT2D eigenvalue weighted by atomic mass is 16.5. The zero-order valence-electron chi connectivity index (χ0n) is 13.3. The van der Waals surface area contributed by atoms with Crippen molar-refractivity contribution in [1.82, 2.24) is 14.9 Å². The van der Waals surface area contributed by atoms with Gasteiger partial charge in [0.2, 0.25) is 0 Å². The molecule has 2 rings (SSSR count). The van der Waals surface area contributed by atoms with E-state index in [2.05, 4.69) is 21.8 Å². The van der Waals surface area contributed by atoms with Gasteiger partial charge in [-0.05, 0) is 39.1 Å². The zero-order valence-corrected chi connectivity index (χ0v) is 13.3. The first-order chi connectivity index (χ1) is 10.1. The maximum atomic E-state index is 5.48. The Hall–Kier alpha value is -2.01. The van der Waals surface area contributed by atoms with Crippen LogP contribution in [0.15, 0.2) is 24.5 Å². The number of hydrogen-bond acceptors (Lipinski definition) is 4. The lowest BCUT2D eigenvalue weighted by Crippen LogP contribution is -2.23. The summed E-state index contributed by atoms with van der Waals surface area (Å²) in [5.41, 5.74) is 3.31. The van der Waals surface area contributed by atoms with Crippen molar-refractivity contribution in [1.29, 1.82) is 0 Å². The average molecular weight is 289 g/mol. The average Bonchev–Trinajstić information content (AvgIpc) is 2.83. The molecule has 5 nitrogen and oxygen atoms in total. The van der Waals surface area contributed by atoms with E-state index in [4.69, 9.17) is 9.47 Å². The predicted molar refractivity (Wildman–Crippen MR) is 83.0 cm³/mol. The van der Waals surface area contributed by atoms with Crippen LogP contribution in [0.5, 0.6) is 11.5 Å². The van der Waals surface area contributed by atoms with Gasteiger partial charge in [0.05, 0.1) is 32.3 Å². The monoisotopic (exact) mass is 289 g/mol. The van der Waals surface area contributed by atoms with Crippen molar-refractivity contribution in [2.24, 2.45) is 0 Å². The molecule has 0 saturated carbocycles. The third-order valence-electron chi connectivity index (χ3n) is 3.89. The highest BCUT2D eigenvalue weighted by molar-refractivity contribution is 5.42. The fourth-order valence-corrected chi connectivity index (χ4v) is 2.38. The van der Waals surface area contributed by atoms with E-state index in [1.54, 1.807) is 14.2 Å². The minimum absolute atomic E-state index is 0.113. The van der Waals surface area contributed by atoms with Crippen molar-refractivity contribution in [3.63, 3.8) is 0 Å². The van der Waals surface area contributed by atoms with Gasteiger partial charge in [0.25, 0.3) is 0 Å². The number of benzene rings is 1. The van der Waals surface area contributed by atoms with Crippen LogP contribution >= 0.6 is 0 Å². The van der Waals surface area contributed by atoms with Gasteiger partial charge in [0, 0.05) is 17.8 Å². The number of nitrogens with zero attached hydrogens (tertiary/aromatic N) is 2. The molecule has 0 fully saturated rings. The van der Waals surface area contributed by atoms with Crippen molar-refractivity contribution < 1.29 is 9.47 Å². The Bertz CT molecular complexity index is 608. The molecule has 1 atom stereocenters. The number of hydrogen-bond donors (Lipinski definition) is 1. The van der Waals surface area contributed by atoms with Crippen molar-refractivity contribution in [3.05, 3.63) is 41.5 Å². The molecule has 1 aromatic heterocycles. The van der Waals surface area contributed by atoms with E-state index >= 15 is 0 Å². The Morgan fingerprint density at radius 3 is 2.52 bits per heavy atom. The van der Waals surface area contributed by atoms with Gasteiger partial charge in [0.15, 0.2) is 0 Å². The maximum absolute atomic E-state index is 5.48. The molecule has 0 aliphatic carbocycles. The molecule has 0 saturated heterocycles. The second-order valence-electron chi connectivity index (χ2n) is 5.02. The Kier molecular flexibility index (Phi) is 4.85. The number of imidazole rings is 1. The minimum atomic E-state index is 0.113. The molecular weight excluding hydrogens is 266 g/mol. The summed E-state index contributed by atoms with van der Waals surface area (Å²) in [5, 5.41) is 3.35. The second kappa shape index (κ2) is 6.63. The molecule has 1 aromatic carbocycles. The quantitative estimate of drug-likeness (QED) is 0.887. The van der Waals surface area contributed by atoms with E-state index in [-0.39, 0.29) is 6.04 Å². The summed E-state index contributed by atoms with van der Waals surface area (Å²) >= 11 is 0. The highest BCUT2D eigenvalue weighted by Gasteiger charge is 2.17. The topological polar surface area (TPSA) is 48.3 Å². The van der Waals surface area contributed by atoms with Crippen molar-refractivity contribution in [2.45, 2.75) is 26.4 Å². The predicted octanol–water partition coefficient (Wildman–Crippen LogP) is 2.48. The summed E-state index contributed by atoms with van der Waals surface area (Å²) in [7, 11) is 5.30. The van der Waals surface area contributed by atoms with Crippen LogP contribution in [0.2, 0.25) is 0 Å². The Morgan fingerprint density at radius 1 is 1.24 bits per heavy atom. The number of nitrogens with one attached hydrogen (secondary N) is 1. The maximum Gasteiger partial charge on any atom is 0.123 e. The number of likely N-dealkylation sites (N-methyl/N-ethyl adjacent to an activating group) is 1. The number of aryl methyl sites for hydroxylation is 1. The van der Waals surface area contributed by atoms with E-state index in [1.807, 2.05) is 38.5 Å². The van der Waals surface area contributed by atoms with Gasteiger partial charge in [-0.1, -0.05) is 0 Å². The summed E-state index contributed by atoms with van der Waals surface area (Å²) < 4.78 is 13.0. The van der Waals surface area contributed by atoms with Crippen LogP contribution in [0.4, 0.5) is 0 Å². The molecule has 0 radical (unpaired) electrons. The van der Waals surface area contributed by atoms with Gasteiger partial charge in [-0.2, -0.15) is 0 Å². The summed E-state index contributed by atoms with van der Waals surface area (Å²) in [6.07, 6.45) is 1.88. The van der Waals surface area contributed by atoms with Crippen molar-refractivity contribution in [3.8, 4) is 11.5 Å². The summed E-state index contributed by atoms with van der Waals surface area (Å²) in [5.74, 6) is 1.68. The van der Waals surface area contributed by atoms with E-state index < -0.39 is 0 Å². The summed E-state index contributed by atoms with van der Waals surface area (Å²) in [6.45, 7) is 4.89. The van der Waals surface area contributed by atoms with E-state index in [0.29, 0.717) is 0 Å². The van der Waals surface area contributed by atoms with Gasteiger partial charge in [-0.15, -0.1) is 0 Å². The molecule has 0 bridgehead atoms. The molecule has 1 heterocycles. The third-order valence-corrected chi connectivity index (χ3v) is 3.89. The third kappa shape index (κ3) is 3.19. The molecule has 0 aliphatic heterocycles. The van der Waals surface area contributed by atoms with Crippen LogP contribution in [-0.2, 0) is 6.54 Å². The molecule has 0 amide bonds. The molecule has 5 heteroatoms. The Balaban J connectivity index is 2.34. The number of aromatic nitrogens is 2. The molecule has 1 N–H and O–H groups in total. The van der Waals surface area contributed by atoms with Gasteiger partial charge >= 0.3 is 0 Å². The molecule has 0 spiro atoms. The Morgan fingerprint density at radius 2 is 2.00 bits per heavy atom. The van der Waals surface area contributed by atoms with Gasteiger partial charge in [-0.3, -0.25) is 0 Å². The van der Waals surface area contributed by atoms with Crippen LogP contribution in [0.3, 0.4) is 0 Å². The first kappa shape index (κ1) is 15.4. The normalized spacial score (nSPS) is 12.2. The Labute approximate surface area is 125 Å². The first-order valence-electron chi connectivity index (χ1n) is 6.98. The molecule has 0 aliphatic rings. The smallest absolute Gasteiger partial charge is 0.123 e. The lowest BCUT2D eigenvalue weighted by Gasteiger charge is -2.21. The molecule has 21 heavy (non-hydrogen) atoms. The number of methoxy groups -OCH3 is 2. The minimum Gasteiger partial charge on any atom is -0.497 e. The van der Waals surface area contributed by atoms with E-state index in [9.17, 15) is 0 Å². The number of rotatable bonds is 6. The SMILES string of the molecule is CNC(Cn1cnc(C)c1C)c1cc(OC)ccc1OC. The van der Waals surface area contributed by atoms with Crippen LogP contribution < -0.4 is 14.8 Å². The van der Waals surface area contributed by atoms with Crippen LogP contribution in [0.1, 0.15) is 23.0 Å². The van der Waals surface area contributed by atoms with Gasteiger partial charge in [-0.25, -0.2) is 4.98 Å². The molecule has 2 aromatic rings. The van der Waals surface area contributed by atoms with Crippen LogP contribution in [0.25, 0.3) is 0 Å². The van der Waals surface area contributed by atoms with Crippen LogP contribution in [-0.4, -0.2) is 30.8 Å². The summed E-state index contributed by atoms with van der Waals surface area (Å²) in [6, 6.07) is 5.97. The second-order valence-corrected chi connectivity index (χ2v) is 5.02. The van der Waals surface area contributed by atoms with Gasteiger partial charge in [0.1, 0.15) is 11.5 Å². The lowest BCUT2D eigenvalue weighted by atomic mass is 10.0. The fraction of sp³-hybridized carbons (Fsp3) is 0.438. The van der Waals surface area contributed by atoms with E-state index in [0.717, 1.165) is 29.3 Å². The van der Waals surface area contributed by atoms with Gasteiger partial charge < -0.3 is 19.4 Å².